The molecule has 1 aromatic carbocycles. The van der Waals surface area contributed by atoms with Gasteiger partial charge in [0.15, 0.2) is 6.61 Å². The zero-order chi connectivity index (χ0) is 25.8. The second-order valence-electron chi connectivity index (χ2n) is 7.39. The van der Waals surface area contributed by atoms with Crippen LogP contribution in [0.3, 0.4) is 0 Å². The third kappa shape index (κ3) is 8.03. The molecule has 0 atom stereocenters. The molecule has 1 aromatic rings. The molecule has 0 saturated carbocycles. The van der Waals surface area contributed by atoms with Crippen LogP contribution in [0.25, 0.3) is 6.08 Å². The zero-order valence-electron chi connectivity index (χ0n) is 19.1. The molecule has 0 unspecified atom stereocenters. The van der Waals surface area contributed by atoms with E-state index in [1.165, 1.54) is 11.0 Å². The van der Waals surface area contributed by atoms with E-state index in [1.54, 1.807) is 24.3 Å². The molecule has 1 aliphatic rings. The normalized spacial score (nSPS) is 14.3. The van der Waals surface area contributed by atoms with E-state index in [1.807, 2.05) is 0 Å². The molecule has 0 spiro atoms. The second-order valence-corrected chi connectivity index (χ2v) is 7.39. The molecule has 0 radical (unpaired) electrons. The largest absolute Gasteiger partial charge is 0.484 e. The summed E-state index contributed by atoms with van der Waals surface area (Å²) in [5, 5.41) is 38.5. The van der Waals surface area contributed by atoms with Crippen molar-refractivity contribution in [3.05, 3.63) is 35.5 Å². The highest BCUT2D eigenvalue weighted by atomic mass is 16.5. The van der Waals surface area contributed by atoms with Gasteiger partial charge in [-0.1, -0.05) is 12.1 Å². The number of benzene rings is 1. The first-order valence-corrected chi connectivity index (χ1v) is 10.9. The number of nitrogens with one attached hydrogen (secondary N) is 1. The van der Waals surface area contributed by atoms with Crippen LogP contribution in [0.1, 0.15) is 5.56 Å². The molecule has 0 aromatic heterocycles. The van der Waals surface area contributed by atoms with Gasteiger partial charge in [-0.15, -0.1) is 0 Å². The summed E-state index contributed by atoms with van der Waals surface area (Å²) in [5.74, 6) is -1.32. The van der Waals surface area contributed by atoms with E-state index >= 15 is 0 Å². The Balaban J connectivity index is 1.99. The Morgan fingerprint density at radius 3 is 1.89 bits per heavy atom. The zero-order valence-corrected chi connectivity index (χ0v) is 19.1. The summed E-state index contributed by atoms with van der Waals surface area (Å²) in [6, 6.07) is 5.56. The maximum Gasteiger partial charge on any atom is 0.329 e. The van der Waals surface area contributed by atoms with Crippen LogP contribution >= 0.6 is 0 Å². The van der Waals surface area contributed by atoms with E-state index in [-0.39, 0.29) is 64.9 Å². The summed E-state index contributed by atoms with van der Waals surface area (Å²) in [4.78, 5) is 52.4. The fraction of sp³-hybridized carbons (Fsp3) is 0.455. The van der Waals surface area contributed by atoms with Gasteiger partial charge < -0.3 is 40.3 Å². The van der Waals surface area contributed by atoms with Gasteiger partial charge in [-0.25, -0.2) is 9.69 Å². The molecule has 0 bridgehead atoms. The summed E-state index contributed by atoms with van der Waals surface area (Å²) in [5.41, 5.74) is 0.510. The summed E-state index contributed by atoms with van der Waals surface area (Å²) in [6.07, 6.45) is 1.42. The highest BCUT2D eigenvalue weighted by Crippen LogP contribution is 2.17. The number of hydrogen-bond acceptors (Lipinski definition) is 9. The number of nitrogens with zero attached hydrogens (tertiary/aromatic N) is 3. The number of aliphatic hydroxyl groups is 4. The van der Waals surface area contributed by atoms with Crippen LogP contribution in [-0.4, -0.2) is 125 Å². The highest BCUT2D eigenvalue weighted by Gasteiger charge is 2.35. The van der Waals surface area contributed by atoms with Crippen LogP contribution in [0, 0.1) is 0 Å². The Morgan fingerprint density at radius 2 is 1.37 bits per heavy atom. The van der Waals surface area contributed by atoms with Gasteiger partial charge in [0.1, 0.15) is 18.0 Å². The molecule has 192 valence electrons. The van der Waals surface area contributed by atoms with Gasteiger partial charge in [0.25, 0.3) is 11.8 Å². The predicted molar refractivity (Wildman–Crippen MR) is 122 cm³/mol. The Morgan fingerprint density at radius 1 is 0.857 bits per heavy atom. The van der Waals surface area contributed by atoms with Gasteiger partial charge in [-0.3, -0.25) is 14.4 Å². The van der Waals surface area contributed by atoms with Crippen molar-refractivity contribution in [2.24, 2.45) is 0 Å². The monoisotopic (exact) mass is 494 g/mol. The molecular formula is C22H30N4O9. The average Bonchev–Trinajstić information content (AvgIpc) is 3.10. The van der Waals surface area contributed by atoms with Crippen LogP contribution in [0.5, 0.6) is 5.75 Å². The van der Waals surface area contributed by atoms with Crippen molar-refractivity contribution in [3.63, 3.8) is 0 Å². The lowest BCUT2D eigenvalue weighted by Crippen LogP contribution is -2.45. The van der Waals surface area contributed by atoms with Gasteiger partial charge in [0, 0.05) is 26.2 Å². The van der Waals surface area contributed by atoms with Crippen molar-refractivity contribution in [2.45, 2.75) is 0 Å². The van der Waals surface area contributed by atoms with Crippen molar-refractivity contribution in [1.82, 2.24) is 20.0 Å². The Labute approximate surface area is 201 Å². The smallest absolute Gasteiger partial charge is 0.329 e. The lowest BCUT2D eigenvalue weighted by atomic mass is 10.2. The Hall–Kier alpha value is -3.52. The molecule has 13 nitrogen and oxygen atoms in total. The summed E-state index contributed by atoms with van der Waals surface area (Å²) >= 11 is 0. The van der Waals surface area contributed by atoms with E-state index in [2.05, 4.69) is 5.32 Å². The molecule has 13 heteroatoms. The topological polar surface area (TPSA) is 180 Å². The third-order valence-electron chi connectivity index (χ3n) is 4.99. The molecule has 5 amide bonds. The van der Waals surface area contributed by atoms with Crippen molar-refractivity contribution < 1.29 is 44.3 Å². The minimum atomic E-state index is -0.767. The predicted octanol–water partition coefficient (Wildman–Crippen LogP) is -2.42. The minimum absolute atomic E-state index is 0.0351. The van der Waals surface area contributed by atoms with Crippen molar-refractivity contribution >= 4 is 29.8 Å². The average molecular weight is 495 g/mol. The summed E-state index contributed by atoms with van der Waals surface area (Å²) in [6.45, 7) is -1.85. The SMILES string of the molecule is O=C(COc1ccc(/C=C2\NC(=O)N(CC(=O)N(CCO)CCO)C2=O)cc1)N(CCO)CCO. The molecule has 1 aliphatic heterocycles. The van der Waals surface area contributed by atoms with E-state index < -0.39 is 30.3 Å². The molecule has 0 aliphatic carbocycles. The van der Waals surface area contributed by atoms with Crippen LogP contribution in [0.15, 0.2) is 30.0 Å². The maximum absolute atomic E-state index is 12.6. The summed E-state index contributed by atoms with van der Waals surface area (Å²) in [7, 11) is 0. The van der Waals surface area contributed by atoms with E-state index in [9.17, 15) is 19.2 Å². The Kier molecular flexibility index (Phi) is 11.1. The second kappa shape index (κ2) is 14.0. The van der Waals surface area contributed by atoms with Gasteiger partial charge in [-0.05, 0) is 23.8 Å². The Bertz CT molecular complexity index is 908. The third-order valence-corrected chi connectivity index (χ3v) is 4.99. The lowest BCUT2D eigenvalue weighted by molar-refractivity contribution is -0.136. The van der Waals surface area contributed by atoms with E-state index in [0.29, 0.717) is 11.3 Å². The number of imide groups is 1. The van der Waals surface area contributed by atoms with E-state index in [4.69, 9.17) is 25.2 Å². The van der Waals surface area contributed by atoms with Crippen molar-refractivity contribution in [1.29, 1.82) is 0 Å². The molecule has 5 N–H and O–H groups in total. The molecule has 2 rings (SSSR count). The van der Waals surface area contributed by atoms with Crippen LogP contribution in [0.4, 0.5) is 4.79 Å². The molecule has 35 heavy (non-hydrogen) atoms. The van der Waals surface area contributed by atoms with Gasteiger partial charge in [-0.2, -0.15) is 0 Å². The van der Waals surface area contributed by atoms with Crippen molar-refractivity contribution in [2.75, 3.05) is 65.8 Å². The van der Waals surface area contributed by atoms with E-state index in [0.717, 1.165) is 9.80 Å². The van der Waals surface area contributed by atoms with Crippen LogP contribution in [-0.2, 0) is 14.4 Å². The number of urea groups is 1. The molecular weight excluding hydrogens is 464 g/mol. The number of hydrogen-bond donors (Lipinski definition) is 5. The first-order chi connectivity index (χ1) is 16.8. The lowest BCUT2D eigenvalue weighted by Gasteiger charge is -2.22. The number of rotatable bonds is 14. The maximum atomic E-state index is 12.6. The first-order valence-electron chi connectivity index (χ1n) is 10.9. The quantitative estimate of drug-likeness (QED) is 0.139. The number of aliphatic hydroxyl groups excluding tert-OH is 4. The van der Waals surface area contributed by atoms with Gasteiger partial charge in [0.2, 0.25) is 5.91 Å². The number of carbonyl (C=O) groups is 4. The van der Waals surface area contributed by atoms with Gasteiger partial charge in [0.05, 0.1) is 26.4 Å². The number of amides is 5. The number of carbonyl (C=O) groups excluding carboxylic acids is 4. The van der Waals surface area contributed by atoms with Crippen molar-refractivity contribution in [3.8, 4) is 5.75 Å². The fourth-order valence-electron chi connectivity index (χ4n) is 3.22. The van der Waals surface area contributed by atoms with Crippen LogP contribution in [0.2, 0.25) is 0 Å². The molecule has 1 heterocycles. The molecule has 1 saturated heterocycles. The molecule has 1 fully saturated rings. The van der Waals surface area contributed by atoms with Crippen LogP contribution < -0.4 is 10.1 Å². The highest BCUT2D eigenvalue weighted by molar-refractivity contribution is 6.15. The summed E-state index contributed by atoms with van der Waals surface area (Å²) < 4.78 is 5.43. The standard InChI is InChI=1S/C22H30N4O9/c27-9-5-24(6-10-28)19(31)14-26-21(33)18(23-22(26)34)13-16-1-3-17(4-2-16)35-15-20(32)25(7-11-29)8-12-30/h1-4,13,27-30H,5-12,14-15H2,(H,23,34)/b18-13-. The fourth-order valence-corrected chi connectivity index (χ4v) is 3.22. The number of ether oxygens (including phenoxy) is 1. The minimum Gasteiger partial charge on any atom is -0.484 e. The van der Waals surface area contributed by atoms with Gasteiger partial charge >= 0.3 is 6.03 Å². The first kappa shape index (κ1) is 27.7.